The smallest absolute Gasteiger partial charge is 0.200 e. The van der Waals surface area contributed by atoms with E-state index in [1.54, 1.807) is 0 Å². The summed E-state index contributed by atoms with van der Waals surface area (Å²) in [6.45, 7) is 0. The second kappa shape index (κ2) is 3.66. The minimum Gasteiger partial charge on any atom is -0.491 e. The minimum absolute atomic E-state index is 0.0902. The molecule has 12 heavy (non-hydrogen) atoms. The monoisotopic (exact) mass is 301 g/mol. The summed E-state index contributed by atoms with van der Waals surface area (Å²) in [4.78, 5) is 3.48. The lowest BCUT2D eigenvalue weighted by Gasteiger charge is -2.04. The Morgan fingerprint density at radius 1 is 1.17 bits per heavy atom. The van der Waals surface area contributed by atoms with E-state index in [-0.39, 0.29) is 9.21 Å². The Balaban J connectivity index is 3.42. The third-order valence-corrected chi connectivity index (χ3v) is 2.21. The van der Waals surface area contributed by atoms with Gasteiger partial charge in [0.05, 0.1) is 7.11 Å². The van der Waals surface area contributed by atoms with Crippen LogP contribution in [-0.4, -0.2) is 12.1 Å². The second-order valence-corrected chi connectivity index (χ2v) is 3.36. The summed E-state index contributed by atoms with van der Waals surface area (Å²) in [6.07, 6.45) is 0. The van der Waals surface area contributed by atoms with Crippen LogP contribution in [0, 0.1) is 11.6 Å². The largest absolute Gasteiger partial charge is 0.491 e. The van der Waals surface area contributed by atoms with E-state index in [1.165, 1.54) is 7.11 Å². The predicted molar refractivity (Wildman–Crippen MR) is 46.1 cm³/mol. The normalized spacial score (nSPS) is 10.1. The summed E-state index contributed by atoms with van der Waals surface area (Å²) in [5.41, 5.74) is 0. The van der Waals surface area contributed by atoms with E-state index in [2.05, 4.69) is 41.6 Å². The van der Waals surface area contributed by atoms with Crippen molar-refractivity contribution in [1.82, 2.24) is 4.98 Å². The highest BCUT2D eigenvalue weighted by Crippen LogP contribution is 2.30. The lowest BCUT2D eigenvalue weighted by molar-refractivity contribution is 0.354. The summed E-state index contributed by atoms with van der Waals surface area (Å²) in [5.74, 6) is -2.15. The first-order valence-corrected chi connectivity index (χ1v) is 4.40. The van der Waals surface area contributed by atoms with E-state index in [1.807, 2.05) is 0 Å². The molecule has 1 rings (SSSR count). The van der Waals surface area contributed by atoms with Crippen LogP contribution in [0.25, 0.3) is 0 Å². The first kappa shape index (κ1) is 9.85. The van der Waals surface area contributed by atoms with Gasteiger partial charge in [-0.1, -0.05) is 0 Å². The van der Waals surface area contributed by atoms with Gasteiger partial charge in [0.1, 0.15) is 9.21 Å². The maximum Gasteiger partial charge on any atom is 0.200 e. The molecular weight excluding hydrogens is 300 g/mol. The van der Waals surface area contributed by atoms with Gasteiger partial charge in [-0.3, -0.25) is 0 Å². The number of methoxy groups -OCH3 is 1. The van der Waals surface area contributed by atoms with Gasteiger partial charge in [0.25, 0.3) is 0 Å². The molecule has 0 aromatic carbocycles. The molecule has 1 aromatic rings. The Morgan fingerprint density at radius 3 is 1.92 bits per heavy atom. The zero-order valence-corrected chi connectivity index (χ0v) is 9.04. The van der Waals surface area contributed by atoms with E-state index in [0.29, 0.717) is 0 Å². The van der Waals surface area contributed by atoms with Crippen molar-refractivity contribution in [3.05, 3.63) is 20.8 Å². The maximum absolute atomic E-state index is 12.9. The van der Waals surface area contributed by atoms with Gasteiger partial charge < -0.3 is 4.74 Å². The van der Waals surface area contributed by atoms with Crippen molar-refractivity contribution in [3.63, 3.8) is 0 Å². The molecule has 6 heteroatoms. The van der Waals surface area contributed by atoms with Crippen molar-refractivity contribution < 1.29 is 13.5 Å². The third-order valence-electron chi connectivity index (χ3n) is 1.16. The van der Waals surface area contributed by atoms with Gasteiger partial charge in [0.15, 0.2) is 5.75 Å². The fourth-order valence-electron chi connectivity index (χ4n) is 0.647. The molecule has 0 spiro atoms. The molecule has 0 saturated heterocycles. The van der Waals surface area contributed by atoms with Crippen molar-refractivity contribution in [2.45, 2.75) is 0 Å². The van der Waals surface area contributed by atoms with Crippen molar-refractivity contribution in [2.24, 2.45) is 0 Å². The number of hydrogen-bond acceptors (Lipinski definition) is 2. The molecule has 1 heterocycles. The number of pyridine rings is 1. The van der Waals surface area contributed by atoms with Crippen LogP contribution in [-0.2, 0) is 0 Å². The van der Waals surface area contributed by atoms with Gasteiger partial charge >= 0.3 is 0 Å². The molecule has 0 unspecified atom stereocenters. The molecule has 0 N–H and O–H groups in total. The molecule has 0 aliphatic heterocycles. The van der Waals surface area contributed by atoms with Crippen LogP contribution >= 0.6 is 31.9 Å². The topological polar surface area (TPSA) is 22.1 Å². The first-order valence-electron chi connectivity index (χ1n) is 2.82. The van der Waals surface area contributed by atoms with Crippen LogP contribution in [0.15, 0.2) is 9.21 Å². The standard InChI is InChI=1S/C6H3Br2F2NO/c1-12-4-2(9)5(7)11-6(8)3(4)10/h1H3. The van der Waals surface area contributed by atoms with Crippen LogP contribution in [0.2, 0.25) is 0 Å². The van der Waals surface area contributed by atoms with Gasteiger partial charge in [-0.15, -0.1) is 0 Å². The molecule has 0 saturated carbocycles. The summed E-state index contributed by atoms with van der Waals surface area (Å²) < 4.78 is 30.2. The van der Waals surface area contributed by atoms with Crippen LogP contribution in [0.1, 0.15) is 0 Å². The zero-order valence-electron chi connectivity index (χ0n) is 5.87. The molecule has 0 aliphatic rings. The highest BCUT2D eigenvalue weighted by atomic mass is 79.9. The van der Waals surface area contributed by atoms with E-state index in [9.17, 15) is 8.78 Å². The Kier molecular flexibility index (Phi) is 3.00. The van der Waals surface area contributed by atoms with Gasteiger partial charge in [-0.25, -0.2) is 4.98 Å². The molecule has 0 fully saturated rings. The Hall–Kier alpha value is -0.230. The number of hydrogen-bond donors (Lipinski definition) is 0. The number of rotatable bonds is 1. The molecule has 0 radical (unpaired) electrons. The Labute approximate surface area is 84.2 Å². The van der Waals surface area contributed by atoms with Crippen molar-refractivity contribution in [3.8, 4) is 5.75 Å². The average molecular weight is 303 g/mol. The average Bonchev–Trinajstić information content (AvgIpc) is 2.02. The van der Waals surface area contributed by atoms with Gasteiger partial charge in [0.2, 0.25) is 11.6 Å². The molecule has 0 atom stereocenters. The van der Waals surface area contributed by atoms with Crippen LogP contribution in [0.3, 0.4) is 0 Å². The number of nitrogens with zero attached hydrogens (tertiary/aromatic N) is 1. The lowest BCUT2D eigenvalue weighted by atomic mass is 10.4. The van der Waals surface area contributed by atoms with E-state index >= 15 is 0 Å². The Bertz CT molecular complexity index is 293. The number of ether oxygens (including phenoxy) is 1. The summed E-state index contributed by atoms with van der Waals surface area (Å²) >= 11 is 5.62. The molecule has 66 valence electrons. The van der Waals surface area contributed by atoms with E-state index in [4.69, 9.17) is 0 Å². The molecular formula is C6H3Br2F2NO. The molecule has 0 amide bonds. The van der Waals surface area contributed by atoms with Crippen LogP contribution in [0.5, 0.6) is 5.75 Å². The molecule has 0 bridgehead atoms. The lowest BCUT2D eigenvalue weighted by Crippen LogP contribution is -1.97. The molecule has 0 aliphatic carbocycles. The number of halogens is 4. The van der Waals surface area contributed by atoms with Crippen molar-refractivity contribution >= 4 is 31.9 Å². The molecule has 2 nitrogen and oxygen atoms in total. The first-order chi connectivity index (χ1) is 5.57. The van der Waals surface area contributed by atoms with Crippen LogP contribution in [0.4, 0.5) is 8.78 Å². The predicted octanol–water partition coefficient (Wildman–Crippen LogP) is 2.89. The SMILES string of the molecule is COc1c(F)c(Br)nc(Br)c1F. The van der Waals surface area contributed by atoms with Gasteiger partial charge in [0, 0.05) is 0 Å². The summed E-state index contributed by atoms with van der Waals surface area (Å²) in [7, 11) is 1.18. The second-order valence-electron chi connectivity index (χ2n) is 1.85. The van der Waals surface area contributed by atoms with Crippen molar-refractivity contribution in [1.29, 1.82) is 0 Å². The third kappa shape index (κ3) is 1.59. The van der Waals surface area contributed by atoms with Crippen LogP contribution < -0.4 is 4.74 Å². The van der Waals surface area contributed by atoms with E-state index < -0.39 is 17.4 Å². The molecule has 1 aromatic heterocycles. The Morgan fingerprint density at radius 2 is 1.58 bits per heavy atom. The maximum atomic E-state index is 12.9. The number of aromatic nitrogens is 1. The van der Waals surface area contributed by atoms with Gasteiger partial charge in [-0.2, -0.15) is 8.78 Å². The summed E-state index contributed by atoms with van der Waals surface area (Å²) in [6, 6.07) is 0. The van der Waals surface area contributed by atoms with Crippen molar-refractivity contribution in [2.75, 3.05) is 7.11 Å². The minimum atomic E-state index is -0.849. The highest BCUT2D eigenvalue weighted by molar-refractivity contribution is 9.11. The highest BCUT2D eigenvalue weighted by Gasteiger charge is 2.17. The quantitative estimate of drug-likeness (QED) is 0.744. The fraction of sp³-hybridized carbons (Fsp3) is 0.167. The summed E-state index contributed by atoms with van der Waals surface area (Å²) in [5, 5.41) is 0. The zero-order chi connectivity index (χ0) is 9.30. The van der Waals surface area contributed by atoms with E-state index in [0.717, 1.165) is 0 Å². The van der Waals surface area contributed by atoms with Gasteiger partial charge in [-0.05, 0) is 31.9 Å². The fourth-order valence-corrected chi connectivity index (χ4v) is 1.60.